The van der Waals surface area contributed by atoms with Gasteiger partial charge in [-0.2, -0.15) is 0 Å². The number of anilines is 1. The lowest BCUT2D eigenvalue weighted by Crippen LogP contribution is -2.24. The van der Waals surface area contributed by atoms with E-state index in [4.69, 9.17) is 10.5 Å². The summed E-state index contributed by atoms with van der Waals surface area (Å²) >= 11 is 0. The number of nitrogen functional groups attached to an aromatic ring is 1. The van der Waals surface area contributed by atoms with Gasteiger partial charge < -0.3 is 10.5 Å². The number of nitrogens with two attached hydrogens (primary N) is 1. The highest BCUT2D eigenvalue weighted by atomic mass is 16.5. The molecule has 0 unspecified atom stereocenters. The molecule has 1 fully saturated rings. The number of rotatable bonds is 2. The van der Waals surface area contributed by atoms with Crippen molar-refractivity contribution < 1.29 is 4.74 Å². The highest BCUT2D eigenvalue weighted by Crippen LogP contribution is 2.26. The molecule has 16 heavy (non-hydrogen) atoms. The molecule has 2 aromatic rings. The number of ether oxygens (including phenoxy) is 1. The van der Waals surface area contributed by atoms with Crippen LogP contribution >= 0.6 is 0 Å². The summed E-state index contributed by atoms with van der Waals surface area (Å²) in [6, 6.07) is 5.84. The Labute approximate surface area is 93.5 Å². The van der Waals surface area contributed by atoms with Crippen LogP contribution in [0.4, 0.5) is 5.95 Å². The van der Waals surface area contributed by atoms with Crippen molar-refractivity contribution in [2.45, 2.75) is 25.4 Å². The molecule has 4 nitrogen and oxygen atoms in total. The first-order valence-electron chi connectivity index (χ1n) is 5.50. The molecule has 1 saturated carbocycles. The first kappa shape index (κ1) is 9.39. The van der Waals surface area contributed by atoms with Crippen LogP contribution in [0.2, 0.25) is 0 Å². The second-order valence-corrected chi connectivity index (χ2v) is 4.12. The summed E-state index contributed by atoms with van der Waals surface area (Å²) in [5.74, 6) is 1.17. The van der Waals surface area contributed by atoms with Gasteiger partial charge in [-0.3, -0.25) is 0 Å². The molecule has 0 atom stereocenters. The second-order valence-electron chi connectivity index (χ2n) is 4.12. The Balaban J connectivity index is 1.94. The zero-order valence-corrected chi connectivity index (χ0v) is 8.89. The van der Waals surface area contributed by atoms with Crippen molar-refractivity contribution in [1.82, 2.24) is 9.97 Å². The SMILES string of the molecule is Nc1ncc2ccc(OC3CCC3)cc2n1. The maximum absolute atomic E-state index is 5.80. The number of fused-ring (bicyclic) bond motifs is 1. The fraction of sp³-hybridized carbons (Fsp3) is 0.333. The maximum atomic E-state index is 5.80. The van der Waals surface area contributed by atoms with Gasteiger partial charge >= 0.3 is 0 Å². The van der Waals surface area contributed by atoms with E-state index in [9.17, 15) is 0 Å². The third kappa shape index (κ3) is 1.66. The maximum Gasteiger partial charge on any atom is 0.220 e. The van der Waals surface area contributed by atoms with Crippen molar-refractivity contribution in [2.75, 3.05) is 5.73 Å². The summed E-state index contributed by atoms with van der Waals surface area (Å²) in [7, 11) is 0. The predicted molar refractivity (Wildman–Crippen MR) is 62.2 cm³/mol. The van der Waals surface area contributed by atoms with Gasteiger partial charge in [-0.1, -0.05) is 0 Å². The van der Waals surface area contributed by atoms with Crippen LogP contribution in [0.15, 0.2) is 24.4 Å². The molecule has 0 spiro atoms. The standard InChI is InChI=1S/C12H13N3O/c13-12-14-7-8-4-5-10(6-11(8)15-12)16-9-2-1-3-9/h4-7,9H,1-3H2,(H2,13,14,15). The van der Waals surface area contributed by atoms with Crippen LogP contribution in [-0.4, -0.2) is 16.1 Å². The van der Waals surface area contributed by atoms with Crippen molar-refractivity contribution in [3.05, 3.63) is 24.4 Å². The van der Waals surface area contributed by atoms with E-state index in [1.165, 1.54) is 6.42 Å². The van der Waals surface area contributed by atoms with E-state index in [2.05, 4.69) is 9.97 Å². The largest absolute Gasteiger partial charge is 0.490 e. The molecule has 1 aliphatic carbocycles. The molecule has 0 amide bonds. The Bertz CT molecular complexity index is 523. The first-order valence-corrected chi connectivity index (χ1v) is 5.50. The molecule has 2 N–H and O–H groups in total. The number of benzene rings is 1. The summed E-state index contributed by atoms with van der Waals surface area (Å²) in [6.07, 6.45) is 5.70. The molecule has 82 valence electrons. The van der Waals surface area contributed by atoms with Crippen LogP contribution in [0.5, 0.6) is 5.75 Å². The van der Waals surface area contributed by atoms with Crippen molar-refractivity contribution in [3.8, 4) is 5.75 Å². The van der Waals surface area contributed by atoms with Gasteiger partial charge in [-0.15, -0.1) is 0 Å². The first-order chi connectivity index (χ1) is 7.81. The predicted octanol–water partition coefficient (Wildman–Crippen LogP) is 2.14. The Hall–Kier alpha value is -1.84. The fourth-order valence-electron chi connectivity index (χ4n) is 1.77. The van der Waals surface area contributed by atoms with Gasteiger partial charge in [0.2, 0.25) is 5.95 Å². The second kappa shape index (κ2) is 3.63. The Morgan fingerprint density at radius 3 is 2.94 bits per heavy atom. The van der Waals surface area contributed by atoms with Gasteiger partial charge in [0, 0.05) is 17.6 Å². The van der Waals surface area contributed by atoms with Gasteiger partial charge in [-0.25, -0.2) is 9.97 Å². The van der Waals surface area contributed by atoms with Gasteiger partial charge in [-0.05, 0) is 31.4 Å². The molecular weight excluding hydrogens is 202 g/mol. The van der Waals surface area contributed by atoms with Crippen molar-refractivity contribution >= 4 is 16.9 Å². The number of aromatic nitrogens is 2. The smallest absolute Gasteiger partial charge is 0.220 e. The molecule has 4 heteroatoms. The quantitative estimate of drug-likeness (QED) is 0.833. The zero-order chi connectivity index (χ0) is 11.0. The zero-order valence-electron chi connectivity index (χ0n) is 8.89. The lowest BCUT2D eigenvalue weighted by Gasteiger charge is -2.26. The summed E-state index contributed by atoms with van der Waals surface area (Å²) in [5.41, 5.74) is 6.39. The molecule has 1 aliphatic rings. The summed E-state index contributed by atoms with van der Waals surface area (Å²) in [6.45, 7) is 0. The minimum absolute atomic E-state index is 0.299. The third-order valence-electron chi connectivity index (χ3n) is 2.93. The molecule has 0 bridgehead atoms. The average Bonchev–Trinajstić information content (AvgIpc) is 2.23. The van der Waals surface area contributed by atoms with E-state index in [0.29, 0.717) is 12.1 Å². The average molecular weight is 215 g/mol. The van der Waals surface area contributed by atoms with Gasteiger partial charge in [0.05, 0.1) is 11.6 Å². The lowest BCUT2D eigenvalue weighted by molar-refractivity contribution is 0.120. The van der Waals surface area contributed by atoms with Gasteiger partial charge in [0.15, 0.2) is 0 Å². The van der Waals surface area contributed by atoms with Crippen LogP contribution in [0.3, 0.4) is 0 Å². The third-order valence-corrected chi connectivity index (χ3v) is 2.93. The van der Waals surface area contributed by atoms with Gasteiger partial charge in [0.25, 0.3) is 0 Å². The number of hydrogen-bond donors (Lipinski definition) is 1. The van der Waals surface area contributed by atoms with Gasteiger partial charge in [0.1, 0.15) is 5.75 Å². The van der Waals surface area contributed by atoms with E-state index < -0.39 is 0 Å². The normalized spacial score (nSPS) is 16.0. The van der Waals surface area contributed by atoms with Crippen LogP contribution in [-0.2, 0) is 0 Å². The van der Waals surface area contributed by atoms with Crippen molar-refractivity contribution in [2.24, 2.45) is 0 Å². The summed E-state index contributed by atoms with van der Waals surface area (Å²) < 4.78 is 5.80. The molecule has 0 saturated heterocycles. The lowest BCUT2D eigenvalue weighted by atomic mass is 9.96. The fourth-order valence-corrected chi connectivity index (χ4v) is 1.77. The molecule has 1 aromatic carbocycles. The van der Waals surface area contributed by atoms with E-state index in [1.54, 1.807) is 6.20 Å². The molecular formula is C12H13N3O. The van der Waals surface area contributed by atoms with E-state index in [1.807, 2.05) is 18.2 Å². The highest BCUT2D eigenvalue weighted by molar-refractivity contribution is 5.79. The Kier molecular flexibility index (Phi) is 2.13. The van der Waals surface area contributed by atoms with Crippen LogP contribution in [0.25, 0.3) is 10.9 Å². The van der Waals surface area contributed by atoms with Crippen LogP contribution in [0, 0.1) is 0 Å². The summed E-state index contributed by atoms with van der Waals surface area (Å²) in [4.78, 5) is 8.13. The molecule has 3 rings (SSSR count). The summed E-state index contributed by atoms with van der Waals surface area (Å²) in [5, 5.41) is 0.982. The minimum atomic E-state index is 0.299. The Morgan fingerprint density at radius 2 is 2.19 bits per heavy atom. The molecule has 0 aliphatic heterocycles. The van der Waals surface area contributed by atoms with Crippen LogP contribution < -0.4 is 10.5 Å². The van der Waals surface area contributed by atoms with Crippen molar-refractivity contribution in [1.29, 1.82) is 0 Å². The monoisotopic (exact) mass is 215 g/mol. The number of nitrogens with zero attached hydrogens (tertiary/aromatic N) is 2. The minimum Gasteiger partial charge on any atom is -0.490 e. The van der Waals surface area contributed by atoms with Crippen molar-refractivity contribution in [3.63, 3.8) is 0 Å². The topological polar surface area (TPSA) is 61.0 Å². The Morgan fingerprint density at radius 1 is 1.31 bits per heavy atom. The van der Waals surface area contributed by atoms with E-state index >= 15 is 0 Å². The molecule has 1 heterocycles. The molecule has 0 radical (unpaired) electrons. The van der Waals surface area contributed by atoms with E-state index in [0.717, 1.165) is 29.5 Å². The molecule has 1 aromatic heterocycles. The van der Waals surface area contributed by atoms with E-state index in [-0.39, 0.29) is 0 Å². The number of hydrogen-bond acceptors (Lipinski definition) is 4. The van der Waals surface area contributed by atoms with Crippen LogP contribution in [0.1, 0.15) is 19.3 Å². The highest BCUT2D eigenvalue weighted by Gasteiger charge is 2.19.